The van der Waals surface area contributed by atoms with Crippen LogP contribution in [0.5, 0.6) is 0 Å². The van der Waals surface area contributed by atoms with Crippen LogP contribution >= 0.6 is 31.9 Å². The highest BCUT2D eigenvalue weighted by atomic mass is 79.9. The molecule has 2 unspecified atom stereocenters. The lowest BCUT2D eigenvalue weighted by Crippen LogP contribution is -2.46. The largest absolute Gasteiger partial charge is 0.326 e. The van der Waals surface area contributed by atoms with Crippen LogP contribution in [-0.4, -0.2) is 29.0 Å². The number of hydrogen-bond donors (Lipinski definition) is 1. The van der Waals surface area contributed by atoms with Crippen molar-refractivity contribution in [2.75, 3.05) is 13.1 Å². The van der Waals surface area contributed by atoms with Crippen molar-refractivity contribution >= 4 is 31.9 Å². The van der Waals surface area contributed by atoms with E-state index in [1.807, 2.05) is 12.3 Å². The molecule has 1 aromatic heterocycles. The zero-order valence-electron chi connectivity index (χ0n) is 10.6. The first-order chi connectivity index (χ1) is 8.63. The first kappa shape index (κ1) is 14.4. The summed E-state index contributed by atoms with van der Waals surface area (Å²) in [5.41, 5.74) is 7.39. The number of aromatic nitrogens is 1. The molecule has 1 aliphatic rings. The van der Waals surface area contributed by atoms with Gasteiger partial charge in [0.2, 0.25) is 0 Å². The standard InChI is InChI=1S/C13H19Br2N3/c1-2-5-18-6-3-4-11(16)13(18)12-10(15)7-9(14)8-17-12/h7-8,11,13H,2-6,16H2,1H3. The van der Waals surface area contributed by atoms with Crippen molar-refractivity contribution in [3.63, 3.8) is 0 Å². The Morgan fingerprint density at radius 1 is 1.50 bits per heavy atom. The summed E-state index contributed by atoms with van der Waals surface area (Å²) in [5, 5.41) is 0. The molecule has 18 heavy (non-hydrogen) atoms. The minimum absolute atomic E-state index is 0.176. The van der Waals surface area contributed by atoms with Gasteiger partial charge >= 0.3 is 0 Å². The highest BCUT2D eigenvalue weighted by molar-refractivity contribution is 9.11. The Kier molecular flexibility index (Phi) is 5.18. The van der Waals surface area contributed by atoms with Crippen LogP contribution in [0.1, 0.15) is 37.9 Å². The van der Waals surface area contributed by atoms with E-state index < -0.39 is 0 Å². The molecule has 2 atom stereocenters. The van der Waals surface area contributed by atoms with Gasteiger partial charge in [0.25, 0.3) is 0 Å². The van der Waals surface area contributed by atoms with Crippen LogP contribution in [0.3, 0.4) is 0 Å². The van der Waals surface area contributed by atoms with E-state index in [0.717, 1.165) is 40.6 Å². The Hall–Kier alpha value is 0.0300. The van der Waals surface area contributed by atoms with Gasteiger partial charge in [-0.15, -0.1) is 0 Å². The number of nitrogens with zero attached hydrogens (tertiary/aromatic N) is 2. The Bertz CT molecular complexity index is 409. The van der Waals surface area contributed by atoms with Crippen LogP contribution in [0.15, 0.2) is 21.2 Å². The zero-order chi connectivity index (χ0) is 13.1. The van der Waals surface area contributed by atoms with E-state index in [1.54, 1.807) is 0 Å². The number of pyridine rings is 1. The highest BCUT2D eigenvalue weighted by Gasteiger charge is 2.32. The normalized spacial score (nSPS) is 25.3. The maximum absolute atomic E-state index is 6.32. The third-order valence-electron chi connectivity index (χ3n) is 3.41. The summed E-state index contributed by atoms with van der Waals surface area (Å²) in [6, 6.07) is 2.46. The molecule has 1 fully saturated rings. The van der Waals surface area contributed by atoms with Gasteiger partial charge in [-0.05, 0) is 70.3 Å². The maximum atomic E-state index is 6.32. The summed E-state index contributed by atoms with van der Waals surface area (Å²) in [7, 11) is 0. The SMILES string of the molecule is CCCN1CCCC(N)C1c1ncc(Br)cc1Br. The van der Waals surface area contributed by atoms with Gasteiger partial charge < -0.3 is 5.73 Å². The van der Waals surface area contributed by atoms with Gasteiger partial charge in [0.15, 0.2) is 0 Å². The van der Waals surface area contributed by atoms with Crippen LogP contribution in [0, 0.1) is 0 Å². The fourth-order valence-electron chi connectivity index (χ4n) is 2.65. The summed E-state index contributed by atoms with van der Waals surface area (Å²) in [4.78, 5) is 7.04. The van der Waals surface area contributed by atoms with Crippen molar-refractivity contribution in [3.05, 3.63) is 26.9 Å². The lowest BCUT2D eigenvalue weighted by atomic mass is 9.94. The quantitative estimate of drug-likeness (QED) is 0.877. The third kappa shape index (κ3) is 3.13. The minimum Gasteiger partial charge on any atom is -0.326 e. The number of nitrogens with two attached hydrogens (primary N) is 1. The van der Waals surface area contributed by atoms with Crippen LogP contribution in [0.2, 0.25) is 0 Å². The van der Waals surface area contributed by atoms with E-state index in [-0.39, 0.29) is 12.1 Å². The Labute approximate surface area is 125 Å². The fraction of sp³-hybridized carbons (Fsp3) is 0.615. The van der Waals surface area contributed by atoms with Gasteiger partial charge in [-0.3, -0.25) is 9.88 Å². The average molecular weight is 377 g/mol. The van der Waals surface area contributed by atoms with Crippen molar-refractivity contribution in [1.29, 1.82) is 0 Å². The number of rotatable bonds is 3. The molecule has 1 aliphatic heterocycles. The number of hydrogen-bond acceptors (Lipinski definition) is 3. The van der Waals surface area contributed by atoms with Crippen molar-refractivity contribution in [1.82, 2.24) is 9.88 Å². The van der Waals surface area contributed by atoms with E-state index >= 15 is 0 Å². The van der Waals surface area contributed by atoms with Crippen molar-refractivity contribution in [2.24, 2.45) is 5.73 Å². The van der Waals surface area contributed by atoms with E-state index in [2.05, 4.69) is 48.7 Å². The van der Waals surface area contributed by atoms with Gasteiger partial charge in [-0.25, -0.2) is 0 Å². The van der Waals surface area contributed by atoms with Gasteiger partial charge in [0, 0.05) is 21.2 Å². The number of likely N-dealkylation sites (tertiary alicyclic amines) is 1. The summed E-state index contributed by atoms with van der Waals surface area (Å²) in [6.07, 6.45) is 5.27. The molecule has 3 nitrogen and oxygen atoms in total. The molecule has 0 aliphatic carbocycles. The van der Waals surface area contributed by atoms with Gasteiger partial charge in [-0.1, -0.05) is 6.92 Å². The number of halogens is 2. The molecule has 0 amide bonds. The van der Waals surface area contributed by atoms with E-state index in [4.69, 9.17) is 5.73 Å². The molecule has 1 aromatic rings. The van der Waals surface area contributed by atoms with Crippen LogP contribution < -0.4 is 5.73 Å². The van der Waals surface area contributed by atoms with Crippen LogP contribution in [-0.2, 0) is 0 Å². The summed E-state index contributed by atoms with van der Waals surface area (Å²) in [6.45, 7) is 4.42. The van der Waals surface area contributed by atoms with Gasteiger partial charge in [0.1, 0.15) is 0 Å². The Balaban J connectivity index is 2.31. The molecule has 0 aromatic carbocycles. The zero-order valence-corrected chi connectivity index (χ0v) is 13.7. The molecule has 0 radical (unpaired) electrons. The fourth-order valence-corrected chi connectivity index (χ4v) is 3.88. The second kappa shape index (κ2) is 6.46. The lowest BCUT2D eigenvalue weighted by molar-refractivity contribution is 0.125. The number of piperidine rings is 1. The first-order valence-electron chi connectivity index (χ1n) is 6.44. The molecule has 5 heteroatoms. The molecule has 0 bridgehead atoms. The van der Waals surface area contributed by atoms with E-state index in [1.165, 1.54) is 6.42 Å². The second-order valence-electron chi connectivity index (χ2n) is 4.81. The molecule has 2 rings (SSSR count). The molecular weight excluding hydrogens is 358 g/mol. The topological polar surface area (TPSA) is 42.1 Å². The maximum Gasteiger partial charge on any atom is 0.0733 e. The summed E-state index contributed by atoms with van der Waals surface area (Å²) >= 11 is 7.06. The molecule has 100 valence electrons. The molecule has 2 N–H and O–H groups in total. The van der Waals surface area contributed by atoms with Crippen LogP contribution in [0.4, 0.5) is 0 Å². The molecule has 0 saturated carbocycles. The minimum atomic E-state index is 0.176. The molecule has 0 spiro atoms. The molecule has 1 saturated heterocycles. The van der Waals surface area contributed by atoms with Crippen molar-refractivity contribution in [3.8, 4) is 0 Å². The summed E-state index contributed by atoms with van der Waals surface area (Å²) < 4.78 is 2.03. The van der Waals surface area contributed by atoms with Crippen LogP contribution in [0.25, 0.3) is 0 Å². The van der Waals surface area contributed by atoms with Gasteiger partial charge in [0.05, 0.1) is 11.7 Å². The lowest BCUT2D eigenvalue weighted by Gasteiger charge is -2.39. The molecule has 2 heterocycles. The van der Waals surface area contributed by atoms with Crippen molar-refractivity contribution < 1.29 is 0 Å². The second-order valence-corrected chi connectivity index (χ2v) is 6.58. The van der Waals surface area contributed by atoms with E-state index in [0.29, 0.717) is 0 Å². The molecular formula is C13H19Br2N3. The highest BCUT2D eigenvalue weighted by Crippen LogP contribution is 2.34. The Morgan fingerprint density at radius 3 is 2.94 bits per heavy atom. The predicted molar refractivity (Wildman–Crippen MR) is 81.5 cm³/mol. The smallest absolute Gasteiger partial charge is 0.0733 e. The van der Waals surface area contributed by atoms with Crippen molar-refractivity contribution in [2.45, 2.75) is 38.3 Å². The third-order valence-corrected chi connectivity index (χ3v) is 4.48. The van der Waals surface area contributed by atoms with Gasteiger partial charge in [-0.2, -0.15) is 0 Å². The first-order valence-corrected chi connectivity index (χ1v) is 8.02. The summed E-state index contributed by atoms with van der Waals surface area (Å²) in [5.74, 6) is 0. The van der Waals surface area contributed by atoms with E-state index in [9.17, 15) is 0 Å². The predicted octanol–water partition coefficient (Wildman–Crippen LogP) is 3.48. The monoisotopic (exact) mass is 375 g/mol. The Morgan fingerprint density at radius 2 is 2.28 bits per heavy atom. The average Bonchev–Trinajstić information content (AvgIpc) is 2.31.